The van der Waals surface area contributed by atoms with Crippen molar-refractivity contribution in [3.05, 3.63) is 46.6 Å². The molecule has 2 nitrogen and oxygen atoms in total. The van der Waals surface area contributed by atoms with Crippen LogP contribution in [0.25, 0.3) is 10.4 Å². The summed E-state index contributed by atoms with van der Waals surface area (Å²) in [6.45, 7) is 4.83. The minimum Gasteiger partial charge on any atom is -0.310 e. The van der Waals surface area contributed by atoms with E-state index in [0.717, 1.165) is 16.0 Å². The molecule has 0 bridgehead atoms. The van der Waals surface area contributed by atoms with Crippen LogP contribution < -0.4 is 5.32 Å². The Labute approximate surface area is 116 Å². The fourth-order valence-electron chi connectivity index (χ4n) is 1.79. The molecule has 2 rings (SSSR count). The van der Waals surface area contributed by atoms with Crippen molar-refractivity contribution in [1.82, 2.24) is 5.32 Å². The highest BCUT2D eigenvalue weighted by molar-refractivity contribution is 7.16. The molecule has 1 aromatic heterocycles. The van der Waals surface area contributed by atoms with E-state index in [1.165, 1.54) is 23.5 Å². The molecule has 0 atom stereocenters. The van der Waals surface area contributed by atoms with E-state index in [0.29, 0.717) is 17.5 Å². The molecule has 0 fully saturated rings. The Morgan fingerprint density at radius 2 is 2.11 bits per heavy atom. The third-order valence-electron chi connectivity index (χ3n) is 2.75. The monoisotopic (exact) mass is 274 g/mol. The normalized spacial score (nSPS) is 10.7. The summed E-state index contributed by atoms with van der Waals surface area (Å²) in [5.74, 6) is -0.254. The predicted molar refractivity (Wildman–Crippen MR) is 76.4 cm³/mol. The lowest BCUT2D eigenvalue weighted by atomic mass is 10.1. The van der Waals surface area contributed by atoms with Crippen LogP contribution in [0.4, 0.5) is 4.39 Å². The first-order valence-corrected chi connectivity index (χ1v) is 6.94. The Kier molecular flexibility index (Phi) is 4.31. The highest BCUT2D eigenvalue weighted by Crippen LogP contribution is 2.31. The Hall–Kier alpha value is -1.70. The molecule has 2 aromatic rings. The van der Waals surface area contributed by atoms with Gasteiger partial charge in [-0.15, -0.1) is 11.3 Å². The first kappa shape index (κ1) is 13.7. The third kappa shape index (κ3) is 3.40. The summed E-state index contributed by atoms with van der Waals surface area (Å²) in [7, 11) is 0. The largest absolute Gasteiger partial charge is 0.310 e. The SMILES string of the molecule is CC(C)NCc1ccc(F)cc1-c1ccc(C#N)s1. The zero-order chi connectivity index (χ0) is 13.8. The smallest absolute Gasteiger partial charge is 0.123 e. The molecule has 0 spiro atoms. The number of halogens is 1. The summed E-state index contributed by atoms with van der Waals surface area (Å²) in [5, 5.41) is 12.2. The molecular weight excluding hydrogens is 259 g/mol. The van der Waals surface area contributed by atoms with Crippen LogP contribution >= 0.6 is 11.3 Å². The van der Waals surface area contributed by atoms with Crippen LogP contribution in [0, 0.1) is 17.1 Å². The Bertz CT molecular complexity index is 611. The molecule has 0 saturated carbocycles. The quantitative estimate of drug-likeness (QED) is 0.917. The molecule has 1 N–H and O–H groups in total. The van der Waals surface area contributed by atoms with Gasteiger partial charge in [0.05, 0.1) is 0 Å². The van der Waals surface area contributed by atoms with Crippen LogP contribution in [-0.4, -0.2) is 6.04 Å². The fourth-order valence-corrected chi connectivity index (χ4v) is 2.64. The van der Waals surface area contributed by atoms with E-state index >= 15 is 0 Å². The van der Waals surface area contributed by atoms with Gasteiger partial charge in [-0.3, -0.25) is 0 Å². The third-order valence-corrected chi connectivity index (χ3v) is 3.78. The number of hydrogen-bond acceptors (Lipinski definition) is 3. The first-order valence-electron chi connectivity index (χ1n) is 6.12. The van der Waals surface area contributed by atoms with Gasteiger partial charge in [0.2, 0.25) is 0 Å². The van der Waals surface area contributed by atoms with Gasteiger partial charge in [0.25, 0.3) is 0 Å². The number of rotatable bonds is 4. The van der Waals surface area contributed by atoms with Crippen LogP contribution in [0.3, 0.4) is 0 Å². The highest BCUT2D eigenvalue weighted by Gasteiger charge is 2.10. The van der Waals surface area contributed by atoms with E-state index in [4.69, 9.17) is 5.26 Å². The lowest BCUT2D eigenvalue weighted by Crippen LogP contribution is -2.22. The van der Waals surface area contributed by atoms with Gasteiger partial charge in [0, 0.05) is 17.5 Å². The zero-order valence-corrected chi connectivity index (χ0v) is 11.7. The van der Waals surface area contributed by atoms with Gasteiger partial charge < -0.3 is 5.32 Å². The van der Waals surface area contributed by atoms with Crippen molar-refractivity contribution in [3.8, 4) is 16.5 Å². The van der Waals surface area contributed by atoms with E-state index in [2.05, 4.69) is 25.2 Å². The lowest BCUT2D eigenvalue weighted by molar-refractivity contribution is 0.587. The maximum Gasteiger partial charge on any atom is 0.123 e. The summed E-state index contributed by atoms with van der Waals surface area (Å²) < 4.78 is 13.4. The first-order chi connectivity index (χ1) is 9.10. The van der Waals surface area contributed by atoms with Crippen molar-refractivity contribution < 1.29 is 4.39 Å². The molecule has 1 aromatic carbocycles. The van der Waals surface area contributed by atoms with Crippen LogP contribution in [-0.2, 0) is 6.54 Å². The van der Waals surface area contributed by atoms with Gasteiger partial charge in [0.15, 0.2) is 0 Å². The van der Waals surface area contributed by atoms with Gasteiger partial charge in [-0.1, -0.05) is 19.9 Å². The van der Waals surface area contributed by atoms with Crippen LogP contribution in [0.15, 0.2) is 30.3 Å². The van der Waals surface area contributed by atoms with E-state index in [1.807, 2.05) is 6.07 Å². The summed E-state index contributed by atoms with van der Waals surface area (Å²) in [6.07, 6.45) is 0. The Balaban J connectivity index is 2.37. The van der Waals surface area contributed by atoms with Gasteiger partial charge in [0.1, 0.15) is 16.8 Å². The van der Waals surface area contributed by atoms with Crippen molar-refractivity contribution in [2.45, 2.75) is 26.4 Å². The summed E-state index contributed by atoms with van der Waals surface area (Å²) in [4.78, 5) is 1.57. The van der Waals surface area contributed by atoms with Crippen LogP contribution in [0.1, 0.15) is 24.3 Å². The zero-order valence-electron chi connectivity index (χ0n) is 10.9. The number of nitriles is 1. The van der Waals surface area contributed by atoms with Gasteiger partial charge >= 0.3 is 0 Å². The Morgan fingerprint density at radius 1 is 1.32 bits per heavy atom. The van der Waals surface area contributed by atoms with E-state index < -0.39 is 0 Å². The second-order valence-electron chi connectivity index (χ2n) is 4.61. The number of hydrogen-bond donors (Lipinski definition) is 1. The molecule has 19 heavy (non-hydrogen) atoms. The second kappa shape index (κ2) is 5.96. The van der Waals surface area contributed by atoms with Gasteiger partial charge in [-0.05, 0) is 35.4 Å². The highest BCUT2D eigenvalue weighted by atomic mass is 32.1. The van der Waals surface area contributed by atoms with E-state index in [9.17, 15) is 4.39 Å². The average Bonchev–Trinajstić information content (AvgIpc) is 2.85. The van der Waals surface area contributed by atoms with Gasteiger partial charge in [-0.25, -0.2) is 4.39 Å². The molecule has 0 aliphatic heterocycles. The van der Waals surface area contributed by atoms with Crippen molar-refractivity contribution in [2.75, 3.05) is 0 Å². The molecule has 4 heteroatoms. The molecule has 98 valence electrons. The molecular formula is C15H15FN2S. The minimum atomic E-state index is -0.254. The van der Waals surface area contributed by atoms with Crippen molar-refractivity contribution in [1.29, 1.82) is 5.26 Å². The van der Waals surface area contributed by atoms with E-state index in [1.54, 1.807) is 12.1 Å². The molecule has 0 aliphatic rings. The number of nitrogens with one attached hydrogen (secondary N) is 1. The summed E-state index contributed by atoms with van der Waals surface area (Å²) in [5.41, 5.74) is 1.90. The number of thiophene rings is 1. The van der Waals surface area contributed by atoms with Crippen LogP contribution in [0.2, 0.25) is 0 Å². The predicted octanol–water partition coefficient (Wildman–Crippen LogP) is 3.92. The fraction of sp³-hybridized carbons (Fsp3) is 0.267. The Morgan fingerprint density at radius 3 is 2.74 bits per heavy atom. The van der Waals surface area contributed by atoms with Crippen molar-refractivity contribution >= 4 is 11.3 Å². The van der Waals surface area contributed by atoms with Crippen molar-refractivity contribution in [2.24, 2.45) is 0 Å². The topological polar surface area (TPSA) is 35.8 Å². The molecule has 0 amide bonds. The maximum absolute atomic E-state index is 13.4. The molecule has 0 unspecified atom stereocenters. The standard InChI is InChI=1S/C15H15FN2S/c1-10(2)18-9-11-3-4-12(16)7-14(11)15-6-5-13(8-17)19-15/h3-7,10,18H,9H2,1-2H3. The van der Waals surface area contributed by atoms with E-state index in [-0.39, 0.29) is 5.82 Å². The molecule has 0 radical (unpaired) electrons. The van der Waals surface area contributed by atoms with Crippen molar-refractivity contribution in [3.63, 3.8) is 0 Å². The molecule has 1 heterocycles. The number of benzene rings is 1. The second-order valence-corrected chi connectivity index (χ2v) is 5.70. The number of nitrogens with zero attached hydrogens (tertiary/aromatic N) is 1. The molecule has 0 aliphatic carbocycles. The summed E-state index contributed by atoms with van der Waals surface area (Å²) >= 11 is 1.39. The van der Waals surface area contributed by atoms with Gasteiger partial charge in [-0.2, -0.15) is 5.26 Å². The maximum atomic E-state index is 13.4. The lowest BCUT2D eigenvalue weighted by Gasteiger charge is -2.12. The minimum absolute atomic E-state index is 0.254. The summed E-state index contributed by atoms with van der Waals surface area (Å²) in [6, 6.07) is 10.9. The van der Waals surface area contributed by atoms with Crippen LogP contribution in [0.5, 0.6) is 0 Å². The average molecular weight is 274 g/mol. The molecule has 0 saturated heterocycles.